The van der Waals surface area contributed by atoms with Crippen LogP contribution in [0.15, 0.2) is 59.1 Å². The standard InChI is InChI=1S/C18H19BrN2O2/c19-16-8-4-7-15(13-16)18(23)21-12-11-20-17(22)10-9-14-5-2-1-3-6-14/h1-8,13H,9-12H2,(H,20,22)(H,21,23). The van der Waals surface area contributed by atoms with Crippen molar-refractivity contribution >= 4 is 27.7 Å². The number of rotatable bonds is 7. The molecule has 2 amide bonds. The van der Waals surface area contributed by atoms with Crippen molar-refractivity contribution in [2.75, 3.05) is 13.1 Å². The summed E-state index contributed by atoms with van der Waals surface area (Å²) in [6.45, 7) is 0.829. The SMILES string of the molecule is O=C(CCc1ccccc1)NCCNC(=O)c1cccc(Br)c1. The second kappa shape index (κ2) is 9.10. The summed E-state index contributed by atoms with van der Waals surface area (Å²) in [5, 5.41) is 5.59. The van der Waals surface area contributed by atoms with Gasteiger partial charge in [0.15, 0.2) is 0 Å². The van der Waals surface area contributed by atoms with Crippen molar-refractivity contribution in [1.29, 1.82) is 0 Å². The van der Waals surface area contributed by atoms with Gasteiger partial charge in [-0.05, 0) is 30.2 Å². The van der Waals surface area contributed by atoms with Crippen LogP contribution >= 0.6 is 15.9 Å². The van der Waals surface area contributed by atoms with Crippen LogP contribution in [0.3, 0.4) is 0 Å². The molecule has 0 spiro atoms. The molecule has 4 nitrogen and oxygen atoms in total. The van der Waals surface area contributed by atoms with Gasteiger partial charge in [0.05, 0.1) is 0 Å². The van der Waals surface area contributed by atoms with E-state index in [-0.39, 0.29) is 11.8 Å². The molecule has 0 bridgehead atoms. The molecule has 0 aromatic heterocycles. The molecule has 0 radical (unpaired) electrons. The van der Waals surface area contributed by atoms with Gasteiger partial charge in [0.25, 0.3) is 5.91 Å². The van der Waals surface area contributed by atoms with E-state index >= 15 is 0 Å². The Morgan fingerprint density at radius 3 is 2.39 bits per heavy atom. The number of amides is 2. The highest BCUT2D eigenvalue weighted by Gasteiger charge is 2.05. The van der Waals surface area contributed by atoms with E-state index in [0.717, 1.165) is 16.5 Å². The molecular weight excluding hydrogens is 356 g/mol. The molecular formula is C18H19BrN2O2. The first-order chi connectivity index (χ1) is 11.1. The molecule has 0 fully saturated rings. The first kappa shape index (κ1) is 17.2. The Kier molecular flexibility index (Phi) is 6.81. The van der Waals surface area contributed by atoms with Crippen LogP contribution in [0.4, 0.5) is 0 Å². The van der Waals surface area contributed by atoms with Gasteiger partial charge in [-0.1, -0.05) is 52.3 Å². The Bertz CT molecular complexity index is 659. The number of nitrogens with one attached hydrogen (secondary N) is 2. The zero-order valence-corrected chi connectivity index (χ0v) is 14.3. The van der Waals surface area contributed by atoms with E-state index in [2.05, 4.69) is 26.6 Å². The molecule has 0 unspecified atom stereocenters. The lowest BCUT2D eigenvalue weighted by Crippen LogP contribution is -2.34. The minimum Gasteiger partial charge on any atom is -0.354 e. The molecule has 2 aromatic carbocycles. The molecule has 120 valence electrons. The lowest BCUT2D eigenvalue weighted by Gasteiger charge is -2.07. The summed E-state index contributed by atoms with van der Waals surface area (Å²) in [5.74, 6) is -0.157. The quantitative estimate of drug-likeness (QED) is 0.732. The smallest absolute Gasteiger partial charge is 0.251 e. The lowest BCUT2D eigenvalue weighted by atomic mass is 10.1. The third kappa shape index (κ3) is 6.24. The fraction of sp³-hybridized carbons (Fsp3) is 0.222. The second-order valence-electron chi connectivity index (χ2n) is 5.10. The van der Waals surface area contributed by atoms with Crippen LogP contribution in [0.25, 0.3) is 0 Å². The maximum atomic E-state index is 11.9. The number of carbonyl (C=O) groups is 2. The van der Waals surface area contributed by atoms with Gasteiger partial charge in [-0.3, -0.25) is 9.59 Å². The fourth-order valence-corrected chi connectivity index (χ4v) is 2.50. The molecule has 2 rings (SSSR count). The van der Waals surface area contributed by atoms with E-state index in [0.29, 0.717) is 25.1 Å². The average Bonchev–Trinajstić information content (AvgIpc) is 2.57. The van der Waals surface area contributed by atoms with Gasteiger partial charge < -0.3 is 10.6 Å². The fourth-order valence-electron chi connectivity index (χ4n) is 2.10. The first-order valence-electron chi connectivity index (χ1n) is 7.49. The van der Waals surface area contributed by atoms with Crippen LogP contribution in [0.2, 0.25) is 0 Å². The topological polar surface area (TPSA) is 58.2 Å². The molecule has 23 heavy (non-hydrogen) atoms. The lowest BCUT2D eigenvalue weighted by molar-refractivity contribution is -0.121. The van der Waals surface area contributed by atoms with E-state index in [1.807, 2.05) is 42.5 Å². The van der Waals surface area contributed by atoms with Crippen molar-refractivity contribution in [2.24, 2.45) is 0 Å². The Morgan fingerprint density at radius 2 is 1.65 bits per heavy atom. The van der Waals surface area contributed by atoms with Crippen LogP contribution in [-0.2, 0) is 11.2 Å². The van der Waals surface area contributed by atoms with E-state index in [4.69, 9.17) is 0 Å². The Balaban J connectivity index is 1.63. The molecule has 0 atom stereocenters. The number of carbonyl (C=O) groups excluding carboxylic acids is 2. The number of benzene rings is 2. The van der Waals surface area contributed by atoms with Crippen molar-refractivity contribution < 1.29 is 9.59 Å². The van der Waals surface area contributed by atoms with Crippen LogP contribution in [0.5, 0.6) is 0 Å². The highest BCUT2D eigenvalue weighted by Crippen LogP contribution is 2.11. The maximum Gasteiger partial charge on any atom is 0.251 e. The van der Waals surface area contributed by atoms with Crippen LogP contribution in [0, 0.1) is 0 Å². The third-order valence-corrected chi connectivity index (χ3v) is 3.80. The van der Waals surface area contributed by atoms with Crippen molar-refractivity contribution in [2.45, 2.75) is 12.8 Å². The molecule has 0 aliphatic heterocycles. The van der Waals surface area contributed by atoms with Crippen molar-refractivity contribution in [3.05, 3.63) is 70.2 Å². The van der Waals surface area contributed by atoms with Gasteiger partial charge in [-0.2, -0.15) is 0 Å². The zero-order chi connectivity index (χ0) is 16.5. The van der Waals surface area contributed by atoms with E-state index in [1.165, 1.54) is 0 Å². The van der Waals surface area contributed by atoms with E-state index < -0.39 is 0 Å². The molecule has 0 aliphatic rings. The van der Waals surface area contributed by atoms with Gasteiger partial charge in [0.2, 0.25) is 5.91 Å². The summed E-state index contributed by atoms with van der Waals surface area (Å²) >= 11 is 3.33. The van der Waals surface area contributed by atoms with Gasteiger partial charge in [-0.15, -0.1) is 0 Å². The Hall–Kier alpha value is -2.14. The van der Waals surface area contributed by atoms with Gasteiger partial charge in [0.1, 0.15) is 0 Å². The van der Waals surface area contributed by atoms with Crippen molar-refractivity contribution in [3.63, 3.8) is 0 Å². The largest absolute Gasteiger partial charge is 0.354 e. The predicted octanol–water partition coefficient (Wildman–Crippen LogP) is 2.93. The Labute approximate surface area is 144 Å². The third-order valence-electron chi connectivity index (χ3n) is 3.30. The minimum absolute atomic E-state index is 0.00874. The van der Waals surface area contributed by atoms with E-state index in [9.17, 15) is 9.59 Å². The summed E-state index contributed by atoms with van der Waals surface area (Å²) in [5.41, 5.74) is 1.74. The van der Waals surface area contributed by atoms with Crippen molar-refractivity contribution in [1.82, 2.24) is 10.6 Å². The maximum absolute atomic E-state index is 11.9. The number of hydrogen-bond donors (Lipinski definition) is 2. The predicted molar refractivity (Wildman–Crippen MR) is 94.2 cm³/mol. The molecule has 5 heteroatoms. The summed E-state index contributed by atoms with van der Waals surface area (Å²) in [6.07, 6.45) is 1.17. The van der Waals surface area contributed by atoms with Crippen LogP contribution in [0.1, 0.15) is 22.3 Å². The van der Waals surface area contributed by atoms with Crippen molar-refractivity contribution in [3.8, 4) is 0 Å². The summed E-state index contributed by atoms with van der Waals surface area (Å²) in [6, 6.07) is 17.1. The molecule has 2 aromatic rings. The molecule has 0 heterocycles. The summed E-state index contributed by atoms with van der Waals surface area (Å²) < 4.78 is 0.861. The summed E-state index contributed by atoms with van der Waals surface area (Å²) in [7, 11) is 0. The molecule has 2 N–H and O–H groups in total. The highest BCUT2D eigenvalue weighted by molar-refractivity contribution is 9.10. The zero-order valence-electron chi connectivity index (χ0n) is 12.7. The monoisotopic (exact) mass is 374 g/mol. The number of aryl methyl sites for hydroxylation is 1. The number of hydrogen-bond acceptors (Lipinski definition) is 2. The molecule has 0 saturated heterocycles. The molecule has 0 saturated carbocycles. The van der Waals surface area contributed by atoms with E-state index in [1.54, 1.807) is 12.1 Å². The molecule has 0 aliphatic carbocycles. The Morgan fingerprint density at radius 1 is 0.913 bits per heavy atom. The van der Waals surface area contributed by atoms with Gasteiger partial charge in [-0.25, -0.2) is 0 Å². The average molecular weight is 375 g/mol. The minimum atomic E-state index is -0.148. The van der Waals surface area contributed by atoms with Gasteiger partial charge >= 0.3 is 0 Å². The van der Waals surface area contributed by atoms with Gasteiger partial charge in [0, 0.05) is 29.5 Å². The summed E-state index contributed by atoms with van der Waals surface area (Å²) in [4.78, 5) is 23.7. The second-order valence-corrected chi connectivity index (χ2v) is 6.02. The van der Waals surface area contributed by atoms with Crippen LogP contribution < -0.4 is 10.6 Å². The first-order valence-corrected chi connectivity index (χ1v) is 8.29. The van der Waals surface area contributed by atoms with Crippen LogP contribution in [-0.4, -0.2) is 24.9 Å². The number of halogens is 1. The highest BCUT2D eigenvalue weighted by atomic mass is 79.9. The normalized spacial score (nSPS) is 10.1.